The number of para-hydroxylation sites is 1. The van der Waals surface area contributed by atoms with E-state index in [0.29, 0.717) is 11.4 Å². The maximum atomic E-state index is 5.86. The maximum absolute atomic E-state index is 5.86. The van der Waals surface area contributed by atoms with Gasteiger partial charge in [-0.15, -0.1) is 5.10 Å². The molecule has 5 nitrogen and oxygen atoms in total. The number of ether oxygens (including phenoxy) is 1. The van der Waals surface area contributed by atoms with Crippen molar-refractivity contribution in [2.24, 2.45) is 7.05 Å². The van der Waals surface area contributed by atoms with Gasteiger partial charge in [0.25, 0.3) is 0 Å². The van der Waals surface area contributed by atoms with E-state index in [9.17, 15) is 0 Å². The number of rotatable bonds is 2. The summed E-state index contributed by atoms with van der Waals surface area (Å²) in [4.78, 5) is 0. The Morgan fingerprint density at radius 2 is 2.12 bits per heavy atom. The molecule has 0 atom stereocenters. The summed E-state index contributed by atoms with van der Waals surface area (Å²) in [6.45, 7) is 1.91. The first-order valence-electron chi connectivity index (χ1n) is 4.94. The number of benzene rings is 1. The molecular weight excluding hydrogens is 204 g/mol. The van der Waals surface area contributed by atoms with Crippen LogP contribution in [0.3, 0.4) is 0 Å². The molecule has 0 radical (unpaired) electrons. The summed E-state index contributed by atoms with van der Waals surface area (Å²) in [5, 5.41) is 7.98. The molecule has 0 bridgehead atoms. The number of nitrogens with two attached hydrogens (primary N) is 1. The molecule has 5 heteroatoms. The summed E-state index contributed by atoms with van der Waals surface area (Å²) >= 11 is 0. The normalized spacial score (nSPS) is 10.4. The van der Waals surface area contributed by atoms with Crippen LogP contribution in [0.25, 0.3) is 11.3 Å². The second-order valence-electron chi connectivity index (χ2n) is 3.58. The van der Waals surface area contributed by atoms with Crippen molar-refractivity contribution in [3.05, 3.63) is 23.9 Å². The lowest BCUT2D eigenvalue weighted by molar-refractivity contribution is 0.418. The van der Waals surface area contributed by atoms with Crippen LogP contribution >= 0.6 is 0 Å². The SMILES string of the molecule is COc1c(N)cccc1-c1c(C)nnn1C. The Morgan fingerprint density at radius 3 is 2.69 bits per heavy atom. The summed E-state index contributed by atoms with van der Waals surface area (Å²) in [5.74, 6) is 0.663. The van der Waals surface area contributed by atoms with Gasteiger partial charge >= 0.3 is 0 Å². The molecule has 0 fully saturated rings. The van der Waals surface area contributed by atoms with Crippen LogP contribution in [0.2, 0.25) is 0 Å². The van der Waals surface area contributed by atoms with E-state index < -0.39 is 0 Å². The van der Waals surface area contributed by atoms with Crippen molar-refractivity contribution in [1.29, 1.82) is 0 Å². The van der Waals surface area contributed by atoms with Gasteiger partial charge in [0.05, 0.1) is 24.2 Å². The Hall–Kier alpha value is -2.04. The van der Waals surface area contributed by atoms with Crippen LogP contribution in [0.4, 0.5) is 5.69 Å². The van der Waals surface area contributed by atoms with E-state index in [1.54, 1.807) is 11.8 Å². The molecule has 0 aliphatic carbocycles. The van der Waals surface area contributed by atoms with Crippen LogP contribution in [-0.4, -0.2) is 22.1 Å². The Labute approximate surface area is 93.8 Å². The van der Waals surface area contributed by atoms with Gasteiger partial charge in [0.15, 0.2) is 5.75 Å². The van der Waals surface area contributed by atoms with Gasteiger partial charge in [0, 0.05) is 12.6 Å². The van der Waals surface area contributed by atoms with Gasteiger partial charge in [-0.2, -0.15) is 0 Å². The van der Waals surface area contributed by atoms with E-state index in [1.165, 1.54) is 0 Å². The molecule has 1 aromatic heterocycles. The van der Waals surface area contributed by atoms with Crippen molar-refractivity contribution < 1.29 is 4.74 Å². The number of anilines is 1. The minimum Gasteiger partial charge on any atom is -0.494 e. The Bertz CT molecular complexity index is 499. The number of aryl methyl sites for hydroxylation is 2. The topological polar surface area (TPSA) is 66.0 Å². The molecule has 0 unspecified atom stereocenters. The van der Waals surface area contributed by atoms with Crippen LogP contribution in [0, 0.1) is 6.92 Å². The number of nitrogens with zero attached hydrogens (tertiary/aromatic N) is 3. The molecule has 0 spiro atoms. The first-order chi connectivity index (χ1) is 7.65. The molecule has 16 heavy (non-hydrogen) atoms. The molecule has 0 aliphatic heterocycles. The quantitative estimate of drug-likeness (QED) is 0.773. The average Bonchev–Trinajstić information content (AvgIpc) is 2.58. The van der Waals surface area contributed by atoms with Crippen molar-refractivity contribution in [1.82, 2.24) is 15.0 Å². The molecule has 0 aliphatic rings. The molecule has 0 saturated carbocycles. The van der Waals surface area contributed by atoms with E-state index in [4.69, 9.17) is 10.5 Å². The predicted molar refractivity (Wildman–Crippen MR) is 62.1 cm³/mol. The fourth-order valence-electron chi connectivity index (χ4n) is 1.80. The highest BCUT2D eigenvalue weighted by atomic mass is 16.5. The van der Waals surface area contributed by atoms with Gasteiger partial charge in [-0.1, -0.05) is 11.3 Å². The number of nitrogen functional groups attached to an aromatic ring is 1. The van der Waals surface area contributed by atoms with Gasteiger partial charge in [-0.3, -0.25) is 0 Å². The zero-order valence-electron chi connectivity index (χ0n) is 9.56. The molecular formula is C11H14N4O. The molecule has 84 valence electrons. The monoisotopic (exact) mass is 218 g/mol. The molecule has 1 heterocycles. The Balaban J connectivity index is 2.69. The van der Waals surface area contributed by atoms with Gasteiger partial charge in [-0.05, 0) is 19.1 Å². The summed E-state index contributed by atoms with van der Waals surface area (Å²) in [6, 6.07) is 5.64. The van der Waals surface area contributed by atoms with E-state index in [2.05, 4.69) is 10.3 Å². The summed E-state index contributed by atoms with van der Waals surface area (Å²) < 4.78 is 7.03. The lowest BCUT2D eigenvalue weighted by Gasteiger charge is -2.11. The van der Waals surface area contributed by atoms with Gasteiger partial charge < -0.3 is 10.5 Å². The molecule has 2 aromatic rings. The van der Waals surface area contributed by atoms with Crippen LogP contribution in [0.1, 0.15) is 5.69 Å². The molecule has 0 amide bonds. The second kappa shape index (κ2) is 3.84. The third-order valence-electron chi connectivity index (χ3n) is 2.50. The van der Waals surface area contributed by atoms with Crippen LogP contribution in [0.15, 0.2) is 18.2 Å². The van der Waals surface area contributed by atoms with Crippen molar-refractivity contribution in [2.75, 3.05) is 12.8 Å². The zero-order chi connectivity index (χ0) is 11.7. The fraction of sp³-hybridized carbons (Fsp3) is 0.273. The summed E-state index contributed by atoms with van der Waals surface area (Å²) in [6.07, 6.45) is 0. The lowest BCUT2D eigenvalue weighted by atomic mass is 10.1. The molecule has 2 rings (SSSR count). The summed E-state index contributed by atoms with van der Waals surface area (Å²) in [5.41, 5.74) is 9.16. The van der Waals surface area contributed by atoms with Crippen molar-refractivity contribution in [3.63, 3.8) is 0 Å². The first-order valence-corrected chi connectivity index (χ1v) is 4.94. The maximum Gasteiger partial charge on any atom is 0.151 e. The first kappa shape index (κ1) is 10.5. The standard InChI is InChI=1S/C11H14N4O/c1-7-10(15(2)14-13-7)8-5-4-6-9(12)11(8)16-3/h4-6H,12H2,1-3H3. The van der Waals surface area contributed by atoms with Gasteiger partial charge in [0.2, 0.25) is 0 Å². The highest BCUT2D eigenvalue weighted by Gasteiger charge is 2.15. The van der Waals surface area contributed by atoms with Gasteiger partial charge in [-0.25, -0.2) is 4.68 Å². The molecule has 1 aromatic carbocycles. The third-order valence-corrected chi connectivity index (χ3v) is 2.50. The van der Waals surface area contributed by atoms with E-state index >= 15 is 0 Å². The average molecular weight is 218 g/mol. The van der Waals surface area contributed by atoms with Crippen molar-refractivity contribution in [2.45, 2.75) is 6.92 Å². The van der Waals surface area contributed by atoms with E-state index in [0.717, 1.165) is 17.0 Å². The van der Waals surface area contributed by atoms with Gasteiger partial charge in [0.1, 0.15) is 0 Å². The van der Waals surface area contributed by atoms with E-state index in [1.807, 2.05) is 32.2 Å². The number of hydrogen-bond donors (Lipinski definition) is 1. The Kier molecular flexibility index (Phi) is 2.52. The minimum absolute atomic E-state index is 0.612. The minimum atomic E-state index is 0.612. The fourth-order valence-corrected chi connectivity index (χ4v) is 1.80. The molecule has 2 N–H and O–H groups in total. The molecule has 0 saturated heterocycles. The number of methoxy groups -OCH3 is 1. The number of aromatic nitrogens is 3. The summed E-state index contributed by atoms with van der Waals surface area (Å²) in [7, 11) is 3.45. The third kappa shape index (κ3) is 1.50. The lowest BCUT2D eigenvalue weighted by Crippen LogP contribution is -1.99. The zero-order valence-corrected chi connectivity index (χ0v) is 9.56. The largest absolute Gasteiger partial charge is 0.494 e. The highest BCUT2D eigenvalue weighted by Crippen LogP contribution is 2.35. The smallest absolute Gasteiger partial charge is 0.151 e. The second-order valence-corrected chi connectivity index (χ2v) is 3.58. The van der Waals surface area contributed by atoms with Crippen LogP contribution in [-0.2, 0) is 7.05 Å². The van der Waals surface area contributed by atoms with Crippen molar-refractivity contribution in [3.8, 4) is 17.0 Å². The van der Waals surface area contributed by atoms with Crippen LogP contribution < -0.4 is 10.5 Å². The van der Waals surface area contributed by atoms with Crippen molar-refractivity contribution >= 4 is 5.69 Å². The number of hydrogen-bond acceptors (Lipinski definition) is 4. The van der Waals surface area contributed by atoms with E-state index in [-0.39, 0.29) is 0 Å². The van der Waals surface area contributed by atoms with Crippen LogP contribution in [0.5, 0.6) is 5.75 Å². The Morgan fingerprint density at radius 1 is 1.38 bits per heavy atom. The predicted octanol–water partition coefficient (Wildman–Crippen LogP) is 1.38. The highest BCUT2D eigenvalue weighted by molar-refractivity contribution is 5.76.